The number of carbonyl (C=O) groups is 2. The number of hydrogen-bond donors (Lipinski definition) is 1. The number of sulfonamides is 1. The van der Waals surface area contributed by atoms with Gasteiger partial charge in [-0.05, 0) is 48.6 Å². The fourth-order valence-electron chi connectivity index (χ4n) is 3.16. The Morgan fingerprint density at radius 3 is 2.55 bits per heavy atom. The Morgan fingerprint density at radius 2 is 1.90 bits per heavy atom. The van der Waals surface area contributed by atoms with Gasteiger partial charge in [-0.15, -0.1) is 11.3 Å². The molecule has 1 amide bonds. The summed E-state index contributed by atoms with van der Waals surface area (Å²) in [5.74, 6) is -0.787. The zero-order valence-corrected chi connectivity index (χ0v) is 17.7. The highest BCUT2D eigenvalue weighted by Gasteiger charge is 2.33. The Hall–Kier alpha value is -2.43. The number of nitrogens with zero attached hydrogens (tertiary/aromatic N) is 1. The molecular weight excluding hydrogens is 416 g/mol. The zero-order valence-electron chi connectivity index (χ0n) is 16.1. The summed E-state index contributed by atoms with van der Waals surface area (Å²) in [6.07, 6.45) is 1.14. The van der Waals surface area contributed by atoms with Gasteiger partial charge < -0.3 is 14.8 Å². The minimum Gasteiger partial charge on any atom is -0.497 e. The molecule has 156 valence electrons. The number of amides is 1. The molecule has 1 atom stereocenters. The Balaban J connectivity index is 1.72. The predicted octanol–water partition coefficient (Wildman–Crippen LogP) is 2.58. The number of esters is 1. The SMILES string of the molecule is COC(=O)c1sccc1NC(=O)C1CCCN(S(=O)(=O)c2ccc(OC)cc2)C1. The van der Waals surface area contributed by atoms with Gasteiger partial charge >= 0.3 is 5.97 Å². The molecule has 0 saturated carbocycles. The number of carbonyl (C=O) groups excluding carboxylic acids is 2. The minimum atomic E-state index is -3.72. The van der Waals surface area contributed by atoms with Crippen LogP contribution in [0.2, 0.25) is 0 Å². The maximum absolute atomic E-state index is 12.9. The van der Waals surface area contributed by atoms with Crippen LogP contribution in [0.5, 0.6) is 5.75 Å². The van der Waals surface area contributed by atoms with E-state index in [1.165, 1.54) is 42.0 Å². The summed E-state index contributed by atoms with van der Waals surface area (Å²) >= 11 is 1.17. The predicted molar refractivity (Wildman–Crippen MR) is 109 cm³/mol. The van der Waals surface area contributed by atoms with E-state index in [2.05, 4.69) is 5.32 Å². The van der Waals surface area contributed by atoms with Crippen molar-refractivity contribution in [1.82, 2.24) is 4.31 Å². The number of nitrogens with one attached hydrogen (secondary N) is 1. The first-order valence-corrected chi connectivity index (χ1v) is 11.3. The first-order valence-electron chi connectivity index (χ1n) is 8.97. The Labute approximate surface area is 173 Å². The molecule has 1 fully saturated rings. The van der Waals surface area contributed by atoms with Crippen molar-refractivity contribution in [2.75, 3.05) is 32.6 Å². The first-order chi connectivity index (χ1) is 13.9. The van der Waals surface area contributed by atoms with Gasteiger partial charge in [-0.1, -0.05) is 0 Å². The van der Waals surface area contributed by atoms with Crippen LogP contribution in [0.4, 0.5) is 5.69 Å². The van der Waals surface area contributed by atoms with Gasteiger partial charge in [-0.3, -0.25) is 4.79 Å². The molecule has 1 aromatic heterocycles. The fraction of sp³-hybridized carbons (Fsp3) is 0.368. The molecule has 0 radical (unpaired) electrons. The second-order valence-electron chi connectivity index (χ2n) is 6.52. The average Bonchev–Trinajstić information content (AvgIpc) is 3.21. The normalized spacial score (nSPS) is 17.5. The molecule has 2 aromatic rings. The van der Waals surface area contributed by atoms with Gasteiger partial charge in [-0.25, -0.2) is 13.2 Å². The number of methoxy groups -OCH3 is 2. The van der Waals surface area contributed by atoms with Crippen molar-refractivity contribution in [3.63, 3.8) is 0 Å². The summed E-state index contributed by atoms with van der Waals surface area (Å²) in [4.78, 5) is 25.0. The van der Waals surface area contributed by atoms with Crippen LogP contribution < -0.4 is 10.1 Å². The number of ether oxygens (including phenoxy) is 2. The van der Waals surface area contributed by atoms with Crippen LogP contribution in [-0.4, -0.2) is 51.9 Å². The molecule has 10 heteroatoms. The molecule has 1 N–H and O–H groups in total. The van der Waals surface area contributed by atoms with Gasteiger partial charge in [0, 0.05) is 13.1 Å². The maximum atomic E-state index is 12.9. The summed E-state index contributed by atoms with van der Waals surface area (Å²) in [7, 11) is -0.930. The third kappa shape index (κ3) is 4.60. The number of piperidine rings is 1. The van der Waals surface area contributed by atoms with Crippen molar-refractivity contribution >= 4 is 38.9 Å². The third-order valence-corrected chi connectivity index (χ3v) is 7.52. The number of benzene rings is 1. The van der Waals surface area contributed by atoms with E-state index in [1.54, 1.807) is 23.6 Å². The summed E-state index contributed by atoms with van der Waals surface area (Å²) in [6, 6.07) is 7.79. The molecule has 2 heterocycles. The molecule has 0 bridgehead atoms. The van der Waals surface area contributed by atoms with E-state index in [4.69, 9.17) is 9.47 Å². The second-order valence-corrected chi connectivity index (χ2v) is 9.38. The summed E-state index contributed by atoms with van der Waals surface area (Å²) < 4.78 is 37.0. The highest BCUT2D eigenvalue weighted by atomic mass is 32.2. The Bertz CT molecular complexity index is 984. The van der Waals surface area contributed by atoms with E-state index in [1.807, 2.05) is 0 Å². The number of anilines is 1. The lowest BCUT2D eigenvalue weighted by molar-refractivity contribution is -0.120. The summed E-state index contributed by atoms with van der Waals surface area (Å²) in [5.41, 5.74) is 0.377. The fourth-order valence-corrected chi connectivity index (χ4v) is 5.45. The molecule has 3 rings (SSSR count). The van der Waals surface area contributed by atoms with Crippen LogP contribution in [0.25, 0.3) is 0 Å². The van der Waals surface area contributed by atoms with Crippen molar-refractivity contribution in [3.8, 4) is 5.75 Å². The van der Waals surface area contributed by atoms with Crippen molar-refractivity contribution in [1.29, 1.82) is 0 Å². The van der Waals surface area contributed by atoms with Crippen molar-refractivity contribution in [3.05, 3.63) is 40.6 Å². The van der Waals surface area contributed by atoms with E-state index >= 15 is 0 Å². The van der Waals surface area contributed by atoms with Crippen LogP contribution >= 0.6 is 11.3 Å². The van der Waals surface area contributed by atoms with E-state index in [-0.39, 0.29) is 17.3 Å². The van der Waals surface area contributed by atoms with Gasteiger partial charge in [0.1, 0.15) is 10.6 Å². The molecule has 8 nitrogen and oxygen atoms in total. The van der Waals surface area contributed by atoms with Gasteiger partial charge in [0.2, 0.25) is 15.9 Å². The van der Waals surface area contributed by atoms with Crippen LogP contribution in [0.15, 0.2) is 40.6 Å². The van der Waals surface area contributed by atoms with Gasteiger partial charge in [-0.2, -0.15) is 4.31 Å². The van der Waals surface area contributed by atoms with Crippen LogP contribution in [0.3, 0.4) is 0 Å². The van der Waals surface area contributed by atoms with Crippen molar-refractivity contribution < 1.29 is 27.5 Å². The highest BCUT2D eigenvalue weighted by molar-refractivity contribution is 7.89. The molecule has 1 unspecified atom stereocenters. The van der Waals surface area contributed by atoms with E-state index in [0.717, 1.165) is 0 Å². The van der Waals surface area contributed by atoms with Crippen LogP contribution in [0, 0.1) is 5.92 Å². The maximum Gasteiger partial charge on any atom is 0.350 e. The smallest absolute Gasteiger partial charge is 0.350 e. The quantitative estimate of drug-likeness (QED) is 0.696. The number of thiophene rings is 1. The van der Waals surface area contributed by atoms with E-state index in [0.29, 0.717) is 35.7 Å². The standard InChI is InChI=1S/C19H22N2O6S2/c1-26-14-5-7-15(8-6-14)29(24,25)21-10-3-4-13(12-21)18(22)20-16-9-11-28-17(16)19(23)27-2/h5-9,11,13H,3-4,10,12H2,1-2H3,(H,20,22). The van der Waals surface area contributed by atoms with Crippen molar-refractivity contribution in [2.45, 2.75) is 17.7 Å². The summed E-state index contributed by atoms with van der Waals surface area (Å²) in [6.45, 7) is 0.432. The Kier molecular flexibility index (Phi) is 6.56. The average molecular weight is 439 g/mol. The lowest BCUT2D eigenvalue weighted by atomic mass is 9.99. The molecule has 0 aliphatic carbocycles. The Morgan fingerprint density at radius 1 is 1.17 bits per heavy atom. The van der Waals surface area contributed by atoms with E-state index in [9.17, 15) is 18.0 Å². The van der Waals surface area contributed by atoms with Gasteiger partial charge in [0.15, 0.2) is 0 Å². The first kappa shape index (κ1) is 21.3. The topological polar surface area (TPSA) is 102 Å². The van der Waals surface area contributed by atoms with Crippen LogP contribution in [0.1, 0.15) is 22.5 Å². The lowest BCUT2D eigenvalue weighted by Gasteiger charge is -2.31. The third-order valence-electron chi connectivity index (χ3n) is 4.75. The molecule has 29 heavy (non-hydrogen) atoms. The van der Waals surface area contributed by atoms with Gasteiger partial charge in [0.25, 0.3) is 0 Å². The zero-order chi connectivity index (χ0) is 21.0. The highest BCUT2D eigenvalue weighted by Crippen LogP contribution is 2.28. The minimum absolute atomic E-state index is 0.0812. The largest absolute Gasteiger partial charge is 0.497 e. The molecule has 1 saturated heterocycles. The number of hydrogen-bond acceptors (Lipinski definition) is 7. The van der Waals surface area contributed by atoms with E-state index < -0.39 is 21.9 Å². The molecular formula is C19H22N2O6S2. The van der Waals surface area contributed by atoms with Crippen LogP contribution in [-0.2, 0) is 19.6 Å². The monoisotopic (exact) mass is 438 g/mol. The summed E-state index contributed by atoms with van der Waals surface area (Å²) in [5, 5.41) is 4.42. The molecule has 1 aliphatic rings. The molecule has 0 spiro atoms. The molecule has 1 aromatic carbocycles. The number of rotatable bonds is 6. The van der Waals surface area contributed by atoms with Crippen molar-refractivity contribution in [2.24, 2.45) is 5.92 Å². The second kappa shape index (κ2) is 8.93. The van der Waals surface area contributed by atoms with Gasteiger partial charge in [0.05, 0.1) is 30.7 Å². The lowest BCUT2D eigenvalue weighted by Crippen LogP contribution is -2.43. The molecule has 1 aliphatic heterocycles.